The average Bonchev–Trinajstić information content (AvgIpc) is 2.19. The maximum Gasteiger partial charge on any atom is 0.162 e. The Morgan fingerprint density at radius 2 is 2.00 bits per heavy atom. The Bertz CT molecular complexity index is 350. The molecule has 0 unspecified atom stereocenters. The van der Waals surface area contributed by atoms with Gasteiger partial charge < -0.3 is 10.5 Å². The molecule has 0 aliphatic rings. The predicted molar refractivity (Wildman–Crippen MR) is 51.0 cm³/mol. The molecule has 0 radical (unpaired) electrons. The quantitative estimate of drug-likeness (QED) is 0.807. The van der Waals surface area contributed by atoms with Crippen LogP contribution in [0.1, 0.15) is 5.56 Å². The molecule has 1 rings (SSSR count). The molecule has 76 valence electrons. The molecular formula is C10H11F2NO. The third-order valence-corrected chi connectivity index (χ3v) is 1.71. The zero-order valence-electron chi connectivity index (χ0n) is 7.76. The van der Waals surface area contributed by atoms with E-state index >= 15 is 0 Å². The molecule has 0 fully saturated rings. The standard InChI is InChI=1S/C10H11F2NO/c1-14-10-6-9(12)8(11)5-7(10)3-2-4-13/h2-3,5-6H,4,13H2,1H3/b3-2+. The van der Waals surface area contributed by atoms with Gasteiger partial charge in [0.15, 0.2) is 11.6 Å². The van der Waals surface area contributed by atoms with E-state index in [-0.39, 0.29) is 5.75 Å². The van der Waals surface area contributed by atoms with Gasteiger partial charge in [-0.25, -0.2) is 8.78 Å². The first-order valence-corrected chi connectivity index (χ1v) is 4.08. The van der Waals surface area contributed by atoms with E-state index in [2.05, 4.69) is 0 Å². The van der Waals surface area contributed by atoms with Crippen molar-refractivity contribution in [3.05, 3.63) is 35.4 Å². The first kappa shape index (κ1) is 10.7. The average molecular weight is 199 g/mol. The van der Waals surface area contributed by atoms with Crippen molar-refractivity contribution in [3.8, 4) is 5.75 Å². The van der Waals surface area contributed by atoms with Crippen LogP contribution in [0.2, 0.25) is 0 Å². The minimum Gasteiger partial charge on any atom is -0.496 e. The van der Waals surface area contributed by atoms with E-state index in [9.17, 15) is 8.78 Å². The largest absolute Gasteiger partial charge is 0.496 e. The van der Waals surface area contributed by atoms with E-state index in [0.717, 1.165) is 12.1 Å². The lowest BCUT2D eigenvalue weighted by atomic mass is 10.1. The summed E-state index contributed by atoms with van der Waals surface area (Å²) in [7, 11) is 1.40. The molecule has 0 aromatic heterocycles. The van der Waals surface area contributed by atoms with Crippen LogP contribution in [0, 0.1) is 11.6 Å². The summed E-state index contributed by atoms with van der Waals surface area (Å²) in [5, 5.41) is 0. The van der Waals surface area contributed by atoms with Gasteiger partial charge in [-0.05, 0) is 6.07 Å². The molecule has 0 atom stereocenters. The highest BCUT2D eigenvalue weighted by molar-refractivity contribution is 5.57. The second-order valence-corrected chi connectivity index (χ2v) is 2.65. The van der Waals surface area contributed by atoms with Gasteiger partial charge in [0.1, 0.15) is 5.75 Å². The van der Waals surface area contributed by atoms with Crippen LogP contribution in [0.5, 0.6) is 5.75 Å². The van der Waals surface area contributed by atoms with E-state index in [1.165, 1.54) is 7.11 Å². The van der Waals surface area contributed by atoms with Gasteiger partial charge in [-0.1, -0.05) is 12.2 Å². The number of methoxy groups -OCH3 is 1. The maximum atomic E-state index is 12.8. The zero-order valence-corrected chi connectivity index (χ0v) is 7.76. The third kappa shape index (κ3) is 2.29. The fourth-order valence-corrected chi connectivity index (χ4v) is 1.05. The van der Waals surface area contributed by atoms with Crippen LogP contribution in [-0.2, 0) is 0 Å². The molecule has 2 N–H and O–H groups in total. The first-order chi connectivity index (χ1) is 6.69. The van der Waals surface area contributed by atoms with Crippen molar-refractivity contribution < 1.29 is 13.5 Å². The Morgan fingerprint density at radius 1 is 1.36 bits per heavy atom. The van der Waals surface area contributed by atoms with Crippen molar-refractivity contribution in [3.63, 3.8) is 0 Å². The van der Waals surface area contributed by atoms with Crippen LogP contribution in [0.15, 0.2) is 18.2 Å². The molecule has 0 saturated carbocycles. The van der Waals surface area contributed by atoms with E-state index < -0.39 is 11.6 Å². The summed E-state index contributed by atoms with van der Waals surface area (Å²) in [4.78, 5) is 0. The zero-order chi connectivity index (χ0) is 10.6. The lowest BCUT2D eigenvalue weighted by molar-refractivity contribution is 0.405. The van der Waals surface area contributed by atoms with Crippen molar-refractivity contribution in [1.82, 2.24) is 0 Å². The minimum absolute atomic E-state index is 0.286. The second-order valence-electron chi connectivity index (χ2n) is 2.65. The molecule has 1 aromatic carbocycles. The molecule has 4 heteroatoms. The summed E-state index contributed by atoms with van der Waals surface area (Å²) in [5.41, 5.74) is 5.71. The van der Waals surface area contributed by atoms with Crippen molar-refractivity contribution in [1.29, 1.82) is 0 Å². The van der Waals surface area contributed by atoms with E-state index in [1.54, 1.807) is 12.2 Å². The fourth-order valence-electron chi connectivity index (χ4n) is 1.05. The summed E-state index contributed by atoms with van der Waals surface area (Å²) in [5.74, 6) is -1.54. The third-order valence-electron chi connectivity index (χ3n) is 1.71. The molecule has 0 aliphatic heterocycles. The van der Waals surface area contributed by atoms with Crippen molar-refractivity contribution in [2.24, 2.45) is 5.73 Å². The van der Waals surface area contributed by atoms with Crippen molar-refractivity contribution in [2.75, 3.05) is 13.7 Å². The molecule has 0 heterocycles. The topological polar surface area (TPSA) is 35.2 Å². The van der Waals surface area contributed by atoms with Crippen LogP contribution in [0.4, 0.5) is 8.78 Å². The number of hydrogen-bond acceptors (Lipinski definition) is 2. The van der Waals surface area contributed by atoms with Gasteiger partial charge in [0.25, 0.3) is 0 Å². The smallest absolute Gasteiger partial charge is 0.162 e. The van der Waals surface area contributed by atoms with Gasteiger partial charge in [-0.15, -0.1) is 0 Å². The second kappa shape index (κ2) is 4.72. The molecule has 0 bridgehead atoms. The number of ether oxygens (including phenoxy) is 1. The molecule has 0 saturated heterocycles. The highest BCUT2D eigenvalue weighted by Gasteiger charge is 2.07. The maximum absolute atomic E-state index is 12.8. The molecule has 0 spiro atoms. The Hall–Kier alpha value is -1.42. The highest BCUT2D eigenvalue weighted by atomic mass is 19.2. The van der Waals surface area contributed by atoms with Gasteiger partial charge in [0.05, 0.1) is 7.11 Å². The van der Waals surface area contributed by atoms with Crippen LogP contribution in [0.3, 0.4) is 0 Å². The summed E-state index contributed by atoms with van der Waals surface area (Å²) in [6, 6.07) is 2.08. The fraction of sp³-hybridized carbons (Fsp3) is 0.200. The summed E-state index contributed by atoms with van der Waals surface area (Å²) < 4.78 is 30.5. The molecular weight excluding hydrogens is 188 g/mol. The lowest BCUT2D eigenvalue weighted by Gasteiger charge is -2.05. The normalized spacial score (nSPS) is 10.9. The number of benzene rings is 1. The first-order valence-electron chi connectivity index (χ1n) is 4.08. The van der Waals surface area contributed by atoms with E-state index in [0.29, 0.717) is 12.1 Å². The Kier molecular flexibility index (Phi) is 3.59. The van der Waals surface area contributed by atoms with Crippen molar-refractivity contribution >= 4 is 6.08 Å². The van der Waals surface area contributed by atoms with Gasteiger partial charge in [0.2, 0.25) is 0 Å². The van der Waals surface area contributed by atoms with E-state index in [1.807, 2.05) is 0 Å². The van der Waals surface area contributed by atoms with Gasteiger partial charge in [-0.3, -0.25) is 0 Å². The summed E-state index contributed by atoms with van der Waals surface area (Å²) in [6.07, 6.45) is 3.22. The van der Waals surface area contributed by atoms with Crippen molar-refractivity contribution in [2.45, 2.75) is 0 Å². The number of hydrogen-bond donors (Lipinski definition) is 1. The molecule has 0 amide bonds. The monoisotopic (exact) mass is 199 g/mol. The molecule has 1 aromatic rings. The minimum atomic E-state index is -0.924. The van der Waals surface area contributed by atoms with Crippen LogP contribution < -0.4 is 10.5 Å². The predicted octanol–water partition coefficient (Wildman–Crippen LogP) is 1.95. The number of halogens is 2. The number of nitrogens with two attached hydrogens (primary N) is 1. The Labute approximate surface area is 81.0 Å². The van der Waals surface area contributed by atoms with Crippen LogP contribution in [0.25, 0.3) is 6.08 Å². The number of rotatable bonds is 3. The lowest BCUT2D eigenvalue weighted by Crippen LogP contribution is -1.94. The van der Waals surface area contributed by atoms with E-state index in [4.69, 9.17) is 10.5 Å². The summed E-state index contributed by atoms with van der Waals surface area (Å²) >= 11 is 0. The molecule has 14 heavy (non-hydrogen) atoms. The Morgan fingerprint density at radius 3 is 2.57 bits per heavy atom. The highest BCUT2D eigenvalue weighted by Crippen LogP contribution is 2.23. The summed E-state index contributed by atoms with van der Waals surface area (Å²) in [6.45, 7) is 0.335. The van der Waals surface area contributed by atoms with Gasteiger partial charge in [-0.2, -0.15) is 0 Å². The SMILES string of the molecule is COc1cc(F)c(F)cc1/C=C/CN. The van der Waals surface area contributed by atoms with Crippen LogP contribution >= 0.6 is 0 Å². The van der Waals surface area contributed by atoms with Crippen LogP contribution in [-0.4, -0.2) is 13.7 Å². The Balaban J connectivity index is 3.13. The molecule has 0 aliphatic carbocycles. The van der Waals surface area contributed by atoms with Gasteiger partial charge >= 0.3 is 0 Å². The van der Waals surface area contributed by atoms with Gasteiger partial charge in [0, 0.05) is 18.2 Å². The molecule has 2 nitrogen and oxygen atoms in total.